The summed E-state index contributed by atoms with van der Waals surface area (Å²) in [5, 5.41) is 3.35. The van der Waals surface area contributed by atoms with Crippen LogP contribution in [-0.2, 0) is 4.79 Å². The van der Waals surface area contributed by atoms with Gasteiger partial charge in [0.1, 0.15) is 4.34 Å². The summed E-state index contributed by atoms with van der Waals surface area (Å²) in [5.74, 6) is -0.821. The standard InChI is InChI=1S/C4ClN3O2S/c5-3-2(7-8-11-3)4(10)6-1-9. The van der Waals surface area contributed by atoms with E-state index in [4.69, 9.17) is 11.6 Å². The van der Waals surface area contributed by atoms with Crippen LogP contribution in [0.4, 0.5) is 0 Å². The molecule has 5 nitrogen and oxygen atoms in total. The maximum absolute atomic E-state index is 10.7. The predicted molar refractivity (Wildman–Crippen MR) is 37.4 cm³/mol. The molecule has 0 unspecified atom stereocenters. The highest BCUT2D eigenvalue weighted by atomic mass is 35.5. The van der Waals surface area contributed by atoms with Gasteiger partial charge in [-0.2, -0.15) is 0 Å². The zero-order chi connectivity index (χ0) is 8.27. The van der Waals surface area contributed by atoms with Crippen LogP contribution in [0.3, 0.4) is 0 Å². The number of isocyanates is 1. The summed E-state index contributed by atoms with van der Waals surface area (Å²) in [6.45, 7) is 0. The van der Waals surface area contributed by atoms with Crippen LogP contribution in [0.2, 0.25) is 4.34 Å². The molecule has 0 bridgehead atoms. The first-order valence-electron chi connectivity index (χ1n) is 2.35. The maximum Gasteiger partial charge on any atom is 0.310 e. The van der Waals surface area contributed by atoms with E-state index < -0.39 is 5.91 Å². The van der Waals surface area contributed by atoms with E-state index in [-0.39, 0.29) is 10.0 Å². The SMILES string of the molecule is O=C=NC(=O)c1nnsc1Cl. The lowest BCUT2D eigenvalue weighted by molar-refractivity contribution is 0.0998. The number of carbonyl (C=O) groups is 1. The van der Waals surface area contributed by atoms with E-state index in [0.717, 1.165) is 17.6 Å². The molecule has 1 rings (SSSR count). The van der Waals surface area contributed by atoms with Crippen LogP contribution in [0.15, 0.2) is 4.99 Å². The minimum Gasteiger partial charge on any atom is -0.264 e. The molecule has 7 heteroatoms. The van der Waals surface area contributed by atoms with Crippen LogP contribution in [0.25, 0.3) is 0 Å². The van der Waals surface area contributed by atoms with Gasteiger partial charge in [-0.15, -0.1) is 10.1 Å². The Hall–Kier alpha value is -1.10. The van der Waals surface area contributed by atoms with Gasteiger partial charge in [0, 0.05) is 11.5 Å². The first-order chi connectivity index (χ1) is 5.25. The Balaban J connectivity index is 3.02. The molecule has 0 spiro atoms. The predicted octanol–water partition coefficient (Wildman–Crippen LogP) is 0.667. The van der Waals surface area contributed by atoms with Crippen molar-refractivity contribution in [2.24, 2.45) is 4.99 Å². The number of nitrogens with zero attached hydrogens (tertiary/aromatic N) is 3. The van der Waals surface area contributed by atoms with Gasteiger partial charge in [-0.05, 0) is 0 Å². The van der Waals surface area contributed by atoms with Crippen molar-refractivity contribution in [1.29, 1.82) is 0 Å². The molecule has 0 fully saturated rings. The van der Waals surface area contributed by atoms with Gasteiger partial charge >= 0.3 is 5.91 Å². The first-order valence-corrected chi connectivity index (χ1v) is 3.51. The van der Waals surface area contributed by atoms with Crippen molar-refractivity contribution in [3.8, 4) is 0 Å². The van der Waals surface area contributed by atoms with Crippen molar-refractivity contribution in [1.82, 2.24) is 9.59 Å². The molecule has 0 aromatic carbocycles. The molecule has 1 aromatic rings. The zero-order valence-corrected chi connectivity index (χ0v) is 6.52. The minimum absolute atomic E-state index is 0.111. The Morgan fingerprint density at radius 2 is 2.45 bits per heavy atom. The second kappa shape index (κ2) is 3.34. The monoisotopic (exact) mass is 189 g/mol. The van der Waals surface area contributed by atoms with Crippen LogP contribution >= 0.6 is 23.1 Å². The Kier molecular flexibility index (Phi) is 2.43. The van der Waals surface area contributed by atoms with Gasteiger partial charge in [0.05, 0.1) is 0 Å². The third-order valence-corrected chi connectivity index (χ3v) is 1.70. The molecule has 1 aromatic heterocycles. The van der Waals surface area contributed by atoms with E-state index >= 15 is 0 Å². The largest absolute Gasteiger partial charge is 0.310 e. The number of aliphatic imine (C=N–C) groups is 1. The van der Waals surface area contributed by atoms with Crippen molar-refractivity contribution >= 4 is 35.1 Å². The molecule has 0 aliphatic rings. The smallest absolute Gasteiger partial charge is 0.264 e. The second-order valence-corrected chi connectivity index (χ2v) is 2.76. The van der Waals surface area contributed by atoms with Crippen LogP contribution in [0, 0.1) is 0 Å². The van der Waals surface area contributed by atoms with Crippen molar-refractivity contribution < 1.29 is 9.59 Å². The van der Waals surface area contributed by atoms with Gasteiger partial charge in [0.25, 0.3) is 0 Å². The van der Waals surface area contributed by atoms with Gasteiger partial charge in [-0.1, -0.05) is 16.1 Å². The molecule has 1 amide bonds. The zero-order valence-electron chi connectivity index (χ0n) is 4.94. The van der Waals surface area contributed by atoms with E-state index in [1.807, 2.05) is 0 Å². The third kappa shape index (κ3) is 1.68. The third-order valence-electron chi connectivity index (χ3n) is 0.798. The molecule has 0 atom stereocenters. The molecule has 0 aliphatic heterocycles. The van der Waals surface area contributed by atoms with Crippen LogP contribution < -0.4 is 0 Å². The molecule has 11 heavy (non-hydrogen) atoms. The van der Waals surface area contributed by atoms with Crippen molar-refractivity contribution in [3.05, 3.63) is 10.0 Å². The first kappa shape index (κ1) is 8.00. The van der Waals surface area contributed by atoms with Crippen molar-refractivity contribution in [2.45, 2.75) is 0 Å². The highest BCUT2D eigenvalue weighted by Crippen LogP contribution is 2.17. The fraction of sp³-hybridized carbons (Fsp3) is 0. The second-order valence-electron chi connectivity index (χ2n) is 1.40. The number of amides is 1. The van der Waals surface area contributed by atoms with E-state index in [0.29, 0.717) is 0 Å². The van der Waals surface area contributed by atoms with Crippen LogP contribution in [0.5, 0.6) is 0 Å². The Bertz CT molecular complexity index is 330. The molecule has 0 aliphatic carbocycles. The van der Waals surface area contributed by atoms with Crippen LogP contribution in [-0.4, -0.2) is 21.6 Å². The number of carbonyl (C=O) groups excluding carboxylic acids is 2. The summed E-state index contributed by atoms with van der Waals surface area (Å²) in [7, 11) is 0. The topological polar surface area (TPSA) is 72.3 Å². The van der Waals surface area contributed by atoms with Gasteiger partial charge in [0.15, 0.2) is 5.69 Å². The summed E-state index contributed by atoms with van der Waals surface area (Å²) < 4.78 is 3.49. The molecule has 0 saturated carbocycles. The van der Waals surface area contributed by atoms with Crippen molar-refractivity contribution in [3.63, 3.8) is 0 Å². The van der Waals surface area contributed by atoms with Gasteiger partial charge in [-0.25, -0.2) is 4.79 Å². The molecule has 1 heterocycles. The number of halogens is 1. The molecule has 0 N–H and O–H groups in total. The normalized spacial score (nSPS) is 8.82. The molecule has 56 valence electrons. The molecule has 0 saturated heterocycles. The quantitative estimate of drug-likeness (QED) is 0.481. The van der Waals surface area contributed by atoms with E-state index in [1.165, 1.54) is 0 Å². The average Bonchev–Trinajstić information content (AvgIpc) is 2.36. The van der Waals surface area contributed by atoms with E-state index in [9.17, 15) is 9.59 Å². The fourth-order valence-electron chi connectivity index (χ4n) is 0.401. The highest BCUT2D eigenvalue weighted by molar-refractivity contribution is 7.10. The molecular weight excluding hydrogens is 190 g/mol. The lowest BCUT2D eigenvalue weighted by Crippen LogP contribution is -1.95. The molecule has 0 radical (unpaired) electrons. The maximum atomic E-state index is 10.7. The summed E-state index contributed by atoms with van der Waals surface area (Å²) in [6, 6.07) is 0. The average molecular weight is 190 g/mol. The van der Waals surface area contributed by atoms with Gasteiger partial charge < -0.3 is 0 Å². The summed E-state index contributed by atoms with van der Waals surface area (Å²) in [5.41, 5.74) is -0.111. The number of aromatic nitrogens is 2. The number of hydrogen-bond donors (Lipinski definition) is 0. The summed E-state index contributed by atoms with van der Waals surface area (Å²) in [4.78, 5) is 23.1. The number of hydrogen-bond acceptors (Lipinski definition) is 5. The highest BCUT2D eigenvalue weighted by Gasteiger charge is 2.13. The summed E-state index contributed by atoms with van der Waals surface area (Å²) in [6.07, 6.45) is 1.09. The van der Waals surface area contributed by atoms with Crippen LogP contribution in [0.1, 0.15) is 10.5 Å². The Morgan fingerprint density at radius 1 is 1.73 bits per heavy atom. The lowest BCUT2D eigenvalue weighted by atomic mass is 10.5. The minimum atomic E-state index is -0.821. The number of rotatable bonds is 1. The van der Waals surface area contributed by atoms with E-state index in [2.05, 4.69) is 14.6 Å². The lowest BCUT2D eigenvalue weighted by Gasteiger charge is -1.81. The summed E-state index contributed by atoms with van der Waals surface area (Å²) >= 11 is 6.31. The fourth-order valence-corrected chi connectivity index (χ4v) is 1.02. The van der Waals surface area contributed by atoms with E-state index in [1.54, 1.807) is 0 Å². The van der Waals surface area contributed by atoms with Gasteiger partial charge in [0.2, 0.25) is 6.08 Å². The van der Waals surface area contributed by atoms with Crippen molar-refractivity contribution in [2.75, 3.05) is 0 Å². The Labute approximate surface area is 69.9 Å². The Morgan fingerprint density at radius 3 is 2.91 bits per heavy atom. The molecular formula is C4ClN3O2S. The van der Waals surface area contributed by atoms with Gasteiger partial charge in [-0.3, -0.25) is 4.79 Å².